The smallest absolute Gasteiger partial charge is 0.115 e. The summed E-state index contributed by atoms with van der Waals surface area (Å²) in [5.74, 6) is 0.478. The first-order valence-corrected chi connectivity index (χ1v) is 7.55. The SMILES string of the molecule is CCC(COC)(NC(C)C)c1nc(C(C)C)cs1. The van der Waals surface area contributed by atoms with Crippen LogP contribution in [-0.4, -0.2) is 24.7 Å². The first kappa shape index (κ1) is 15.6. The van der Waals surface area contributed by atoms with Gasteiger partial charge in [-0.3, -0.25) is 0 Å². The van der Waals surface area contributed by atoms with Crippen LogP contribution in [0.4, 0.5) is 0 Å². The van der Waals surface area contributed by atoms with Crippen molar-refractivity contribution >= 4 is 11.3 Å². The maximum absolute atomic E-state index is 5.43. The standard InChI is InChI=1S/C14H26N2OS/c1-7-14(9-17-6,16-11(4)5)13-15-12(8-18-13)10(2)3/h8,10-11,16H,7,9H2,1-6H3. The predicted molar refractivity (Wildman–Crippen MR) is 78.3 cm³/mol. The van der Waals surface area contributed by atoms with Crippen LogP contribution in [0.2, 0.25) is 0 Å². The van der Waals surface area contributed by atoms with Crippen molar-refractivity contribution in [3.8, 4) is 0 Å². The van der Waals surface area contributed by atoms with Crippen molar-refractivity contribution in [2.75, 3.05) is 13.7 Å². The van der Waals surface area contributed by atoms with E-state index < -0.39 is 0 Å². The molecule has 1 aromatic heterocycles. The van der Waals surface area contributed by atoms with Crippen LogP contribution < -0.4 is 5.32 Å². The third kappa shape index (κ3) is 3.53. The maximum atomic E-state index is 5.43. The van der Waals surface area contributed by atoms with Crippen molar-refractivity contribution in [1.82, 2.24) is 10.3 Å². The quantitative estimate of drug-likeness (QED) is 0.823. The summed E-state index contributed by atoms with van der Waals surface area (Å²) in [6.45, 7) is 11.5. The van der Waals surface area contributed by atoms with Gasteiger partial charge in [0.15, 0.2) is 0 Å². The summed E-state index contributed by atoms with van der Waals surface area (Å²) in [4.78, 5) is 4.80. The van der Waals surface area contributed by atoms with Crippen LogP contribution in [-0.2, 0) is 10.3 Å². The third-order valence-corrected chi connectivity index (χ3v) is 4.15. The molecule has 1 unspecified atom stereocenters. The van der Waals surface area contributed by atoms with E-state index in [0.717, 1.165) is 11.4 Å². The van der Waals surface area contributed by atoms with E-state index in [1.54, 1.807) is 18.4 Å². The Morgan fingerprint density at radius 2 is 2.06 bits per heavy atom. The molecule has 104 valence electrons. The second-order valence-electron chi connectivity index (χ2n) is 5.40. The minimum absolute atomic E-state index is 0.152. The first-order valence-electron chi connectivity index (χ1n) is 6.67. The van der Waals surface area contributed by atoms with Crippen LogP contribution in [0.15, 0.2) is 5.38 Å². The van der Waals surface area contributed by atoms with E-state index in [0.29, 0.717) is 18.6 Å². The van der Waals surface area contributed by atoms with Gasteiger partial charge in [-0.05, 0) is 26.2 Å². The number of rotatable bonds is 7. The van der Waals surface area contributed by atoms with Crippen molar-refractivity contribution < 1.29 is 4.74 Å². The number of nitrogens with one attached hydrogen (secondary N) is 1. The lowest BCUT2D eigenvalue weighted by atomic mass is 9.96. The zero-order valence-corrected chi connectivity index (χ0v) is 13.2. The van der Waals surface area contributed by atoms with Gasteiger partial charge in [0, 0.05) is 18.5 Å². The van der Waals surface area contributed by atoms with Crippen molar-refractivity contribution in [3.05, 3.63) is 16.1 Å². The third-order valence-electron chi connectivity index (χ3n) is 3.08. The molecule has 0 fully saturated rings. The molecule has 0 aromatic carbocycles. The van der Waals surface area contributed by atoms with Crippen LogP contribution in [0, 0.1) is 0 Å². The molecule has 0 saturated carbocycles. The van der Waals surface area contributed by atoms with Gasteiger partial charge in [-0.15, -0.1) is 11.3 Å². The average molecular weight is 270 g/mol. The van der Waals surface area contributed by atoms with E-state index >= 15 is 0 Å². The van der Waals surface area contributed by atoms with Gasteiger partial charge in [0.2, 0.25) is 0 Å². The Labute approximate surface area is 115 Å². The molecule has 0 amide bonds. The van der Waals surface area contributed by atoms with Gasteiger partial charge in [0.1, 0.15) is 5.01 Å². The zero-order chi connectivity index (χ0) is 13.8. The Balaban J connectivity index is 3.06. The Kier molecular flexibility index (Phi) is 5.76. The maximum Gasteiger partial charge on any atom is 0.115 e. The topological polar surface area (TPSA) is 34.1 Å². The van der Waals surface area contributed by atoms with Crippen LogP contribution >= 0.6 is 11.3 Å². The second kappa shape index (κ2) is 6.64. The summed E-state index contributed by atoms with van der Waals surface area (Å²) in [7, 11) is 1.75. The molecule has 18 heavy (non-hydrogen) atoms. The summed E-state index contributed by atoms with van der Waals surface area (Å²) < 4.78 is 5.43. The highest BCUT2D eigenvalue weighted by molar-refractivity contribution is 7.09. The average Bonchev–Trinajstić information content (AvgIpc) is 2.77. The van der Waals surface area contributed by atoms with Crippen molar-refractivity contribution in [2.24, 2.45) is 0 Å². The van der Waals surface area contributed by atoms with Gasteiger partial charge >= 0.3 is 0 Å². The summed E-state index contributed by atoms with van der Waals surface area (Å²) in [6.07, 6.45) is 0.976. The van der Waals surface area contributed by atoms with Crippen LogP contribution in [0.1, 0.15) is 57.7 Å². The largest absolute Gasteiger partial charge is 0.382 e. The molecule has 1 aromatic rings. The van der Waals surface area contributed by atoms with Crippen LogP contribution in [0.5, 0.6) is 0 Å². The highest BCUT2D eigenvalue weighted by Gasteiger charge is 2.34. The summed E-state index contributed by atoms with van der Waals surface area (Å²) in [6, 6.07) is 0.409. The minimum atomic E-state index is -0.152. The number of thiazole rings is 1. The minimum Gasteiger partial charge on any atom is -0.382 e. The molecule has 1 N–H and O–H groups in total. The molecular weight excluding hydrogens is 244 g/mol. The van der Waals surface area contributed by atoms with Gasteiger partial charge < -0.3 is 10.1 Å². The lowest BCUT2D eigenvalue weighted by molar-refractivity contribution is 0.0980. The van der Waals surface area contributed by atoms with Crippen LogP contribution in [0.3, 0.4) is 0 Å². The molecule has 3 nitrogen and oxygen atoms in total. The van der Waals surface area contributed by atoms with E-state index in [1.807, 2.05) is 0 Å². The Hall–Kier alpha value is -0.450. The van der Waals surface area contributed by atoms with E-state index in [4.69, 9.17) is 9.72 Å². The van der Waals surface area contributed by atoms with E-state index in [9.17, 15) is 0 Å². The monoisotopic (exact) mass is 270 g/mol. The van der Waals surface area contributed by atoms with Gasteiger partial charge in [0.05, 0.1) is 17.8 Å². The molecule has 1 rings (SSSR count). The lowest BCUT2D eigenvalue weighted by Crippen LogP contribution is -2.48. The fraction of sp³-hybridized carbons (Fsp3) is 0.786. The number of nitrogens with zero attached hydrogens (tertiary/aromatic N) is 1. The number of methoxy groups -OCH3 is 1. The second-order valence-corrected chi connectivity index (χ2v) is 6.26. The van der Waals surface area contributed by atoms with Gasteiger partial charge in [0.25, 0.3) is 0 Å². The van der Waals surface area contributed by atoms with E-state index in [1.165, 1.54) is 5.69 Å². The van der Waals surface area contributed by atoms with Crippen molar-refractivity contribution in [2.45, 2.75) is 58.5 Å². The molecule has 0 aliphatic rings. The Morgan fingerprint density at radius 3 is 2.44 bits per heavy atom. The predicted octanol–water partition coefficient (Wildman–Crippen LogP) is 3.52. The zero-order valence-electron chi connectivity index (χ0n) is 12.4. The molecule has 1 heterocycles. The number of hydrogen-bond acceptors (Lipinski definition) is 4. The number of hydrogen-bond donors (Lipinski definition) is 1. The summed E-state index contributed by atoms with van der Waals surface area (Å²) in [5.41, 5.74) is 1.02. The van der Waals surface area contributed by atoms with Crippen molar-refractivity contribution in [1.29, 1.82) is 0 Å². The molecule has 1 atom stereocenters. The molecular formula is C14H26N2OS. The first-order chi connectivity index (χ1) is 8.45. The fourth-order valence-corrected chi connectivity index (χ4v) is 3.29. The molecule has 0 saturated heterocycles. The molecule has 0 spiro atoms. The van der Waals surface area contributed by atoms with Gasteiger partial charge in [-0.25, -0.2) is 4.98 Å². The fourth-order valence-electron chi connectivity index (χ4n) is 2.09. The molecule has 0 aliphatic carbocycles. The summed E-state index contributed by atoms with van der Waals surface area (Å²) in [5, 5.41) is 6.95. The normalized spacial score (nSPS) is 15.3. The van der Waals surface area contributed by atoms with E-state index in [-0.39, 0.29) is 5.54 Å². The highest BCUT2D eigenvalue weighted by Crippen LogP contribution is 2.31. The molecule has 0 radical (unpaired) electrons. The molecule has 0 aliphatic heterocycles. The summed E-state index contributed by atoms with van der Waals surface area (Å²) >= 11 is 1.74. The molecule has 0 bridgehead atoms. The number of ether oxygens (including phenoxy) is 1. The Bertz CT molecular complexity index is 362. The number of aromatic nitrogens is 1. The lowest BCUT2D eigenvalue weighted by Gasteiger charge is -2.33. The van der Waals surface area contributed by atoms with Crippen molar-refractivity contribution in [3.63, 3.8) is 0 Å². The Morgan fingerprint density at radius 1 is 1.39 bits per heavy atom. The highest BCUT2D eigenvalue weighted by atomic mass is 32.1. The van der Waals surface area contributed by atoms with Gasteiger partial charge in [-0.1, -0.05) is 20.8 Å². The molecule has 4 heteroatoms. The van der Waals surface area contributed by atoms with Gasteiger partial charge in [-0.2, -0.15) is 0 Å². The van der Waals surface area contributed by atoms with E-state index in [2.05, 4.69) is 45.3 Å². The van der Waals surface area contributed by atoms with Crippen LogP contribution in [0.25, 0.3) is 0 Å².